The highest BCUT2D eigenvalue weighted by atomic mass is 16.1. The molecule has 56 valence electrons. The number of terminal acetylenes is 1. The molecule has 0 fully saturated rings. The Bertz CT molecular complexity index is 158. The van der Waals surface area contributed by atoms with Crippen molar-refractivity contribution in [3.8, 4) is 12.3 Å². The van der Waals surface area contributed by atoms with Gasteiger partial charge in [-0.25, -0.2) is 0 Å². The molecule has 0 aromatic heterocycles. The van der Waals surface area contributed by atoms with Crippen LogP contribution in [0.4, 0.5) is 0 Å². The zero-order valence-electron chi connectivity index (χ0n) is 6.90. The normalized spacial score (nSPS) is 10.6. The van der Waals surface area contributed by atoms with Gasteiger partial charge in [0.05, 0.1) is 0 Å². The Morgan fingerprint density at radius 1 is 1.50 bits per heavy atom. The highest BCUT2D eigenvalue weighted by Gasteiger charge is 2.26. The van der Waals surface area contributed by atoms with Crippen molar-refractivity contribution in [3.63, 3.8) is 0 Å². The Morgan fingerprint density at radius 3 is 2.00 bits per heavy atom. The Hall–Kier alpha value is -0.770. The van der Waals surface area contributed by atoms with Crippen LogP contribution in [0.25, 0.3) is 0 Å². The van der Waals surface area contributed by atoms with E-state index in [1.807, 2.05) is 20.8 Å². The molecule has 0 amide bonds. The van der Waals surface area contributed by atoms with Crippen LogP contribution in [-0.2, 0) is 4.79 Å². The average molecular weight is 138 g/mol. The molecular weight excluding hydrogens is 124 g/mol. The van der Waals surface area contributed by atoms with Gasteiger partial charge in [-0.15, -0.1) is 6.42 Å². The van der Waals surface area contributed by atoms with Crippen molar-refractivity contribution in [2.24, 2.45) is 5.41 Å². The van der Waals surface area contributed by atoms with Crippen LogP contribution in [0.2, 0.25) is 0 Å². The van der Waals surface area contributed by atoms with Crippen LogP contribution >= 0.6 is 0 Å². The van der Waals surface area contributed by atoms with Gasteiger partial charge >= 0.3 is 0 Å². The minimum Gasteiger partial charge on any atom is -0.284 e. The fourth-order valence-corrected chi connectivity index (χ4v) is 0.745. The minimum absolute atomic E-state index is 0.0718. The molecular formula is C9H14O. The van der Waals surface area contributed by atoms with Gasteiger partial charge in [0.1, 0.15) is 0 Å². The predicted octanol–water partition coefficient (Wildman–Crippen LogP) is 2.02. The van der Waals surface area contributed by atoms with Gasteiger partial charge in [-0.05, 0) is 18.8 Å². The first kappa shape index (κ1) is 9.23. The molecule has 0 aliphatic carbocycles. The third-order valence-corrected chi connectivity index (χ3v) is 2.24. The first-order chi connectivity index (χ1) is 4.60. The maximum Gasteiger partial charge on any atom is 0.211 e. The molecule has 0 saturated heterocycles. The van der Waals surface area contributed by atoms with Crippen LogP contribution < -0.4 is 0 Å². The lowest BCUT2D eigenvalue weighted by Crippen LogP contribution is -2.24. The lowest BCUT2D eigenvalue weighted by atomic mass is 9.81. The summed E-state index contributed by atoms with van der Waals surface area (Å²) in [5.41, 5.74) is -0.283. The molecule has 0 aliphatic heterocycles. The molecule has 10 heavy (non-hydrogen) atoms. The van der Waals surface area contributed by atoms with E-state index in [1.54, 1.807) is 0 Å². The zero-order valence-corrected chi connectivity index (χ0v) is 6.90. The third-order valence-electron chi connectivity index (χ3n) is 2.24. The molecule has 1 nitrogen and oxygen atoms in total. The highest BCUT2D eigenvalue weighted by molar-refractivity contribution is 5.99. The van der Waals surface area contributed by atoms with E-state index in [0.717, 1.165) is 12.8 Å². The number of rotatable bonds is 3. The number of ketones is 1. The van der Waals surface area contributed by atoms with Crippen LogP contribution in [-0.4, -0.2) is 5.78 Å². The fourth-order valence-electron chi connectivity index (χ4n) is 0.745. The second-order valence-corrected chi connectivity index (χ2v) is 2.74. The maximum atomic E-state index is 11.1. The second-order valence-electron chi connectivity index (χ2n) is 2.74. The number of carbonyl (C=O) groups is 1. The van der Waals surface area contributed by atoms with Crippen molar-refractivity contribution in [3.05, 3.63) is 0 Å². The quantitative estimate of drug-likeness (QED) is 0.430. The first-order valence-corrected chi connectivity index (χ1v) is 3.61. The molecule has 0 saturated carbocycles. The van der Waals surface area contributed by atoms with Gasteiger partial charge in [0.2, 0.25) is 5.78 Å². The van der Waals surface area contributed by atoms with E-state index in [1.165, 1.54) is 0 Å². The van der Waals surface area contributed by atoms with Crippen LogP contribution in [0.1, 0.15) is 33.6 Å². The first-order valence-electron chi connectivity index (χ1n) is 3.61. The molecule has 0 aliphatic rings. The summed E-state index contributed by atoms with van der Waals surface area (Å²) in [6.07, 6.45) is 6.66. The lowest BCUT2D eigenvalue weighted by Gasteiger charge is -2.21. The van der Waals surface area contributed by atoms with Gasteiger partial charge < -0.3 is 0 Å². The number of hydrogen-bond donors (Lipinski definition) is 0. The minimum atomic E-state index is -0.283. The average Bonchev–Trinajstić information content (AvgIpc) is 2.01. The molecule has 0 unspecified atom stereocenters. The van der Waals surface area contributed by atoms with E-state index in [0.29, 0.717) is 0 Å². The van der Waals surface area contributed by atoms with Crippen LogP contribution in [0.15, 0.2) is 0 Å². The lowest BCUT2D eigenvalue weighted by molar-refractivity contribution is -0.122. The van der Waals surface area contributed by atoms with Crippen LogP contribution in [0.5, 0.6) is 0 Å². The number of hydrogen-bond acceptors (Lipinski definition) is 1. The molecule has 0 aromatic rings. The monoisotopic (exact) mass is 138 g/mol. The summed E-state index contributed by atoms with van der Waals surface area (Å²) in [6.45, 7) is 5.88. The van der Waals surface area contributed by atoms with Crippen molar-refractivity contribution in [1.82, 2.24) is 0 Å². The van der Waals surface area contributed by atoms with Gasteiger partial charge in [-0.1, -0.05) is 20.8 Å². The van der Waals surface area contributed by atoms with E-state index in [2.05, 4.69) is 5.92 Å². The molecule has 0 heterocycles. The van der Waals surface area contributed by atoms with Gasteiger partial charge in [0.15, 0.2) is 0 Å². The Kier molecular flexibility index (Phi) is 3.15. The van der Waals surface area contributed by atoms with Crippen molar-refractivity contribution in [2.45, 2.75) is 33.6 Å². The molecule has 1 heteroatoms. The van der Waals surface area contributed by atoms with Crippen LogP contribution in [0.3, 0.4) is 0 Å². The standard InChI is InChI=1S/C9H14O/c1-5-8(10)9(4,6-2)7-3/h1H,6-7H2,2-4H3. The Morgan fingerprint density at radius 2 is 1.90 bits per heavy atom. The molecule has 0 aromatic carbocycles. The Balaban J connectivity index is 4.36. The van der Waals surface area contributed by atoms with E-state index in [4.69, 9.17) is 6.42 Å². The molecule has 0 radical (unpaired) electrons. The largest absolute Gasteiger partial charge is 0.284 e. The number of carbonyl (C=O) groups excluding carboxylic acids is 1. The van der Waals surface area contributed by atoms with Gasteiger partial charge in [-0.2, -0.15) is 0 Å². The summed E-state index contributed by atoms with van der Waals surface area (Å²) in [5, 5.41) is 0. The van der Waals surface area contributed by atoms with Crippen molar-refractivity contribution >= 4 is 5.78 Å². The van der Waals surface area contributed by atoms with E-state index >= 15 is 0 Å². The summed E-state index contributed by atoms with van der Waals surface area (Å²) >= 11 is 0. The zero-order chi connectivity index (χ0) is 8.20. The Labute approximate surface area is 62.8 Å². The summed E-state index contributed by atoms with van der Waals surface area (Å²) < 4.78 is 0. The van der Waals surface area contributed by atoms with E-state index in [9.17, 15) is 4.79 Å². The maximum absolute atomic E-state index is 11.1. The summed E-state index contributed by atoms with van der Waals surface area (Å²) in [4.78, 5) is 11.1. The topological polar surface area (TPSA) is 17.1 Å². The van der Waals surface area contributed by atoms with Gasteiger partial charge in [0, 0.05) is 5.41 Å². The molecule has 0 N–H and O–H groups in total. The molecule has 0 rings (SSSR count). The SMILES string of the molecule is C#CC(=O)C(C)(CC)CC. The van der Waals surface area contributed by atoms with Gasteiger partial charge in [-0.3, -0.25) is 4.79 Å². The van der Waals surface area contributed by atoms with E-state index in [-0.39, 0.29) is 11.2 Å². The summed E-state index contributed by atoms with van der Waals surface area (Å²) in [6, 6.07) is 0. The third kappa shape index (κ3) is 1.60. The highest BCUT2D eigenvalue weighted by Crippen LogP contribution is 2.25. The smallest absolute Gasteiger partial charge is 0.211 e. The van der Waals surface area contributed by atoms with Gasteiger partial charge in [0.25, 0.3) is 0 Å². The number of Topliss-reactive ketones (excluding diaryl/α,β-unsaturated/α-hetero) is 1. The summed E-state index contributed by atoms with van der Waals surface area (Å²) in [7, 11) is 0. The van der Waals surface area contributed by atoms with E-state index < -0.39 is 0 Å². The molecule has 0 atom stereocenters. The van der Waals surface area contributed by atoms with Crippen LogP contribution in [0, 0.1) is 17.8 Å². The van der Waals surface area contributed by atoms with Crippen molar-refractivity contribution in [2.75, 3.05) is 0 Å². The molecule has 0 spiro atoms. The second kappa shape index (κ2) is 3.41. The summed E-state index contributed by atoms with van der Waals surface area (Å²) in [5.74, 6) is 2.10. The fraction of sp³-hybridized carbons (Fsp3) is 0.667. The predicted molar refractivity (Wildman–Crippen MR) is 42.5 cm³/mol. The van der Waals surface area contributed by atoms with Crippen molar-refractivity contribution < 1.29 is 4.79 Å². The molecule has 0 bridgehead atoms. The van der Waals surface area contributed by atoms with Crippen molar-refractivity contribution in [1.29, 1.82) is 0 Å².